The van der Waals surface area contributed by atoms with Crippen LogP contribution < -0.4 is 10.1 Å². The molecule has 2 aromatic carbocycles. The molecular weight excluding hydrogens is 505 g/mol. The molecule has 194 valence electrons. The SMILES string of the molecule is Cc1cnc2ccc(-c3ccc(S(=O)(=O)N4CCC(Nc5ccc(OC(F)(F)F)cc5)CC4)cc3)cn12. The van der Waals surface area contributed by atoms with E-state index in [9.17, 15) is 21.6 Å². The molecule has 0 unspecified atom stereocenters. The predicted molar refractivity (Wildman–Crippen MR) is 134 cm³/mol. The number of benzene rings is 2. The highest BCUT2D eigenvalue weighted by atomic mass is 32.2. The van der Waals surface area contributed by atoms with Gasteiger partial charge < -0.3 is 14.5 Å². The van der Waals surface area contributed by atoms with Crippen LogP contribution in [0.15, 0.2) is 78.0 Å². The Balaban J connectivity index is 1.20. The first-order chi connectivity index (χ1) is 17.6. The number of anilines is 1. The Hall–Kier alpha value is -3.57. The number of sulfonamides is 1. The van der Waals surface area contributed by atoms with E-state index in [2.05, 4.69) is 15.0 Å². The van der Waals surface area contributed by atoms with E-state index in [1.807, 2.05) is 29.7 Å². The smallest absolute Gasteiger partial charge is 0.406 e. The van der Waals surface area contributed by atoms with Crippen molar-refractivity contribution in [1.29, 1.82) is 0 Å². The van der Waals surface area contributed by atoms with Crippen molar-refractivity contribution in [2.45, 2.75) is 37.1 Å². The van der Waals surface area contributed by atoms with Crippen molar-refractivity contribution in [2.75, 3.05) is 18.4 Å². The predicted octanol–water partition coefficient (Wildman–Crippen LogP) is 5.47. The van der Waals surface area contributed by atoms with E-state index in [4.69, 9.17) is 0 Å². The number of aromatic nitrogens is 2. The second-order valence-electron chi connectivity index (χ2n) is 8.96. The zero-order valence-electron chi connectivity index (χ0n) is 19.9. The zero-order valence-corrected chi connectivity index (χ0v) is 20.8. The monoisotopic (exact) mass is 530 g/mol. The maximum Gasteiger partial charge on any atom is 0.573 e. The lowest BCUT2D eigenvalue weighted by molar-refractivity contribution is -0.274. The topological polar surface area (TPSA) is 75.9 Å². The fourth-order valence-corrected chi connectivity index (χ4v) is 5.94. The molecule has 2 aromatic heterocycles. The number of fused-ring (bicyclic) bond motifs is 1. The van der Waals surface area contributed by atoms with Crippen LogP contribution in [0.4, 0.5) is 18.9 Å². The summed E-state index contributed by atoms with van der Waals surface area (Å²) in [5.74, 6) is -0.289. The van der Waals surface area contributed by atoms with E-state index >= 15 is 0 Å². The number of piperidine rings is 1. The second kappa shape index (κ2) is 9.71. The van der Waals surface area contributed by atoms with Crippen LogP contribution >= 0.6 is 0 Å². The van der Waals surface area contributed by atoms with E-state index in [1.165, 1.54) is 28.6 Å². The summed E-state index contributed by atoms with van der Waals surface area (Å²) in [5, 5.41) is 3.26. The third-order valence-electron chi connectivity index (χ3n) is 6.43. The van der Waals surface area contributed by atoms with Gasteiger partial charge in [-0.25, -0.2) is 13.4 Å². The summed E-state index contributed by atoms with van der Waals surface area (Å²) in [7, 11) is -3.65. The lowest BCUT2D eigenvalue weighted by Crippen LogP contribution is -2.42. The fraction of sp³-hybridized carbons (Fsp3) is 0.269. The molecule has 1 saturated heterocycles. The van der Waals surface area contributed by atoms with E-state index in [0.29, 0.717) is 31.6 Å². The third kappa shape index (κ3) is 5.57. The molecule has 11 heteroatoms. The molecule has 0 atom stereocenters. The molecule has 1 N–H and O–H groups in total. The van der Waals surface area contributed by atoms with Crippen LogP contribution in [0.5, 0.6) is 5.75 Å². The molecule has 0 saturated carbocycles. The van der Waals surface area contributed by atoms with Gasteiger partial charge in [-0.3, -0.25) is 0 Å². The normalized spacial score (nSPS) is 15.7. The summed E-state index contributed by atoms with van der Waals surface area (Å²) in [6.07, 6.45) is 0.193. The Morgan fingerprint density at radius 3 is 2.24 bits per heavy atom. The maximum absolute atomic E-state index is 13.2. The zero-order chi connectivity index (χ0) is 26.2. The van der Waals surface area contributed by atoms with Crippen LogP contribution in [-0.4, -0.2) is 47.6 Å². The van der Waals surface area contributed by atoms with Gasteiger partial charge in [-0.05, 0) is 79.4 Å². The number of hydrogen-bond acceptors (Lipinski definition) is 5. The summed E-state index contributed by atoms with van der Waals surface area (Å²) < 4.78 is 70.8. The number of nitrogens with one attached hydrogen (secondary N) is 1. The highest BCUT2D eigenvalue weighted by Crippen LogP contribution is 2.28. The van der Waals surface area contributed by atoms with Gasteiger partial charge in [0.25, 0.3) is 0 Å². The van der Waals surface area contributed by atoms with Crippen molar-refractivity contribution in [1.82, 2.24) is 13.7 Å². The molecule has 0 amide bonds. The molecule has 0 aliphatic carbocycles. The van der Waals surface area contributed by atoms with Gasteiger partial charge in [-0.2, -0.15) is 4.31 Å². The molecule has 5 rings (SSSR count). The second-order valence-corrected chi connectivity index (χ2v) is 10.9. The van der Waals surface area contributed by atoms with Crippen LogP contribution in [0.25, 0.3) is 16.8 Å². The van der Waals surface area contributed by atoms with Gasteiger partial charge in [0.1, 0.15) is 11.4 Å². The van der Waals surface area contributed by atoms with Crippen molar-refractivity contribution in [3.63, 3.8) is 0 Å². The summed E-state index contributed by atoms with van der Waals surface area (Å²) in [6.45, 7) is 2.66. The highest BCUT2D eigenvalue weighted by molar-refractivity contribution is 7.89. The van der Waals surface area contributed by atoms with Gasteiger partial charge in [-0.1, -0.05) is 12.1 Å². The van der Waals surface area contributed by atoms with Gasteiger partial charge in [0.05, 0.1) is 4.90 Å². The Kier molecular flexibility index (Phi) is 6.59. The minimum Gasteiger partial charge on any atom is -0.406 e. The van der Waals surface area contributed by atoms with Gasteiger partial charge in [0, 0.05) is 42.9 Å². The van der Waals surface area contributed by atoms with Crippen molar-refractivity contribution < 1.29 is 26.3 Å². The lowest BCUT2D eigenvalue weighted by Gasteiger charge is -2.32. The highest BCUT2D eigenvalue weighted by Gasteiger charge is 2.31. The Morgan fingerprint density at radius 1 is 0.946 bits per heavy atom. The Morgan fingerprint density at radius 2 is 1.59 bits per heavy atom. The van der Waals surface area contributed by atoms with Crippen molar-refractivity contribution in [3.05, 3.63) is 78.8 Å². The van der Waals surface area contributed by atoms with Crippen LogP contribution in [0.1, 0.15) is 18.5 Å². The summed E-state index contributed by atoms with van der Waals surface area (Å²) in [6, 6.07) is 16.3. The average molecular weight is 531 g/mol. The molecule has 37 heavy (non-hydrogen) atoms. The molecule has 3 heterocycles. The molecule has 0 bridgehead atoms. The number of pyridine rings is 1. The minimum absolute atomic E-state index is 0.00441. The third-order valence-corrected chi connectivity index (χ3v) is 8.34. The van der Waals surface area contributed by atoms with E-state index in [-0.39, 0.29) is 16.7 Å². The van der Waals surface area contributed by atoms with E-state index in [1.54, 1.807) is 30.5 Å². The standard InChI is InChI=1S/C26H25F3N4O3S/c1-18-16-30-25-11-4-20(17-33(18)25)19-2-9-24(10-3-19)37(34,35)32-14-12-22(13-15-32)31-21-5-7-23(8-6-21)36-26(27,28)29/h2-11,16-17,22,31H,12-15H2,1H3. The molecule has 1 fully saturated rings. The average Bonchev–Trinajstić information content (AvgIpc) is 3.25. The van der Waals surface area contributed by atoms with Crippen LogP contribution in [0.3, 0.4) is 0 Å². The lowest BCUT2D eigenvalue weighted by atomic mass is 10.1. The molecule has 1 aliphatic rings. The number of aryl methyl sites for hydroxylation is 1. The van der Waals surface area contributed by atoms with Crippen molar-refractivity contribution >= 4 is 21.4 Å². The van der Waals surface area contributed by atoms with Crippen molar-refractivity contribution in [3.8, 4) is 16.9 Å². The molecule has 4 aromatic rings. The number of hydrogen-bond donors (Lipinski definition) is 1. The first-order valence-corrected chi connectivity index (χ1v) is 13.2. The number of nitrogens with zero attached hydrogens (tertiary/aromatic N) is 3. The maximum atomic E-state index is 13.2. The summed E-state index contributed by atoms with van der Waals surface area (Å²) >= 11 is 0. The molecule has 1 aliphatic heterocycles. The first kappa shape index (κ1) is 25.1. The number of alkyl halides is 3. The van der Waals surface area contributed by atoms with Crippen LogP contribution in [-0.2, 0) is 10.0 Å². The Bertz CT molecular complexity index is 1490. The van der Waals surface area contributed by atoms with Gasteiger partial charge in [-0.15, -0.1) is 13.2 Å². The van der Waals surface area contributed by atoms with Gasteiger partial charge >= 0.3 is 6.36 Å². The van der Waals surface area contributed by atoms with Gasteiger partial charge in [0.2, 0.25) is 10.0 Å². The van der Waals surface area contributed by atoms with E-state index < -0.39 is 16.4 Å². The molecular formula is C26H25F3N4O3S. The number of ether oxygens (including phenoxy) is 1. The Labute approximate surface area is 212 Å². The van der Waals surface area contributed by atoms with Crippen LogP contribution in [0.2, 0.25) is 0 Å². The first-order valence-electron chi connectivity index (χ1n) is 11.8. The fourth-order valence-electron chi connectivity index (χ4n) is 4.47. The number of halogens is 3. The molecule has 7 nitrogen and oxygen atoms in total. The number of imidazole rings is 1. The van der Waals surface area contributed by atoms with Crippen molar-refractivity contribution in [2.24, 2.45) is 0 Å². The summed E-state index contributed by atoms with van der Waals surface area (Å²) in [5.41, 5.74) is 4.38. The molecule has 0 radical (unpaired) electrons. The molecule has 0 spiro atoms. The summed E-state index contributed by atoms with van der Waals surface area (Å²) in [4.78, 5) is 4.56. The van der Waals surface area contributed by atoms with Crippen LogP contribution in [0, 0.1) is 6.92 Å². The van der Waals surface area contributed by atoms with E-state index in [0.717, 1.165) is 22.5 Å². The number of rotatable bonds is 6. The quantitative estimate of drug-likeness (QED) is 0.358. The largest absolute Gasteiger partial charge is 0.573 e. The van der Waals surface area contributed by atoms with Gasteiger partial charge in [0.15, 0.2) is 0 Å². The minimum atomic E-state index is -4.73.